The fraction of sp³-hybridized carbons (Fsp3) is 0.280. The Morgan fingerprint density at radius 3 is 2.79 bits per heavy atom. The Bertz CT molecular complexity index is 1560. The van der Waals surface area contributed by atoms with Crippen LogP contribution in [0.5, 0.6) is 0 Å². The predicted molar refractivity (Wildman–Crippen MR) is 129 cm³/mol. The Kier molecular flexibility index (Phi) is 3.76. The Morgan fingerprint density at radius 1 is 1.00 bits per heavy atom. The molecule has 2 aliphatic heterocycles. The van der Waals surface area contributed by atoms with Gasteiger partial charge in [-0.15, -0.1) is 0 Å². The minimum absolute atomic E-state index is 0.143. The number of rotatable bonds is 0. The topological polar surface area (TPSA) is 78.8 Å². The molecule has 5 aromatic rings. The highest BCUT2D eigenvalue weighted by atomic mass is 15.3. The highest BCUT2D eigenvalue weighted by Crippen LogP contribution is 2.40. The van der Waals surface area contributed by atoms with Gasteiger partial charge in [-0.25, -0.2) is 15.0 Å². The number of aromatic nitrogens is 6. The second-order valence-electron chi connectivity index (χ2n) is 9.16. The molecular formula is C25H24N8. The van der Waals surface area contributed by atoms with E-state index in [1.165, 1.54) is 5.56 Å². The first-order chi connectivity index (χ1) is 16.1. The molecule has 33 heavy (non-hydrogen) atoms. The van der Waals surface area contributed by atoms with E-state index >= 15 is 0 Å². The number of nitrogens with one attached hydrogen (secondary N) is 1. The van der Waals surface area contributed by atoms with E-state index in [9.17, 15) is 0 Å². The summed E-state index contributed by atoms with van der Waals surface area (Å²) in [4.78, 5) is 22.3. The number of H-pyrrole nitrogens is 1. The van der Waals surface area contributed by atoms with E-state index < -0.39 is 0 Å². The number of likely N-dealkylation sites (N-methyl/N-ethyl adjacent to an activating group) is 1. The van der Waals surface area contributed by atoms with E-state index in [0.29, 0.717) is 0 Å². The minimum atomic E-state index is 0.143. The smallest absolute Gasteiger partial charge is 0.140 e. The summed E-state index contributed by atoms with van der Waals surface area (Å²) in [5, 5.41) is 7.20. The average molecular weight is 437 g/mol. The number of nitrogens with zero attached hydrogens (tertiary/aromatic N) is 7. The summed E-state index contributed by atoms with van der Waals surface area (Å²) >= 11 is 0. The van der Waals surface area contributed by atoms with Gasteiger partial charge in [0.2, 0.25) is 0 Å². The van der Waals surface area contributed by atoms with Gasteiger partial charge < -0.3 is 9.88 Å². The molecule has 2 aliphatic rings. The Morgan fingerprint density at radius 2 is 1.88 bits per heavy atom. The summed E-state index contributed by atoms with van der Waals surface area (Å²) in [5.74, 6) is 0.991. The van der Waals surface area contributed by atoms with Crippen molar-refractivity contribution in [2.24, 2.45) is 7.05 Å². The number of pyridine rings is 1. The van der Waals surface area contributed by atoms with E-state index in [4.69, 9.17) is 15.1 Å². The lowest BCUT2D eigenvalue weighted by Crippen LogP contribution is -2.47. The molecule has 1 N–H and O–H groups in total. The van der Waals surface area contributed by atoms with Gasteiger partial charge in [0, 0.05) is 72.2 Å². The van der Waals surface area contributed by atoms with E-state index in [-0.39, 0.29) is 6.04 Å². The van der Waals surface area contributed by atoms with Crippen LogP contribution in [-0.2, 0) is 7.05 Å². The molecule has 4 aromatic heterocycles. The van der Waals surface area contributed by atoms with Gasteiger partial charge in [-0.1, -0.05) is 6.07 Å². The number of anilines is 1. The van der Waals surface area contributed by atoms with Crippen LogP contribution in [0.3, 0.4) is 0 Å². The van der Waals surface area contributed by atoms with Gasteiger partial charge in [0.15, 0.2) is 0 Å². The van der Waals surface area contributed by atoms with Gasteiger partial charge in [0.1, 0.15) is 17.8 Å². The standard InChI is InChI=1S/C25H24N8/c1-14-22-16-9-17-19(11-27-24(17)26-10-16)15-4-5-20-18(8-15)25(29-13-28-20)33-7-6-31(2)21(12-33)23(22)30-32(14)3/h4-5,8-11,13,21H,6-7,12H2,1-3H3,(H,26,27). The van der Waals surface area contributed by atoms with Crippen LogP contribution in [-0.4, -0.2) is 61.3 Å². The van der Waals surface area contributed by atoms with Crippen LogP contribution >= 0.6 is 0 Å². The molecule has 0 radical (unpaired) electrons. The third-order valence-electron chi connectivity index (χ3n) is 7.37. The third-order valence-corrected chi connectivity index (χ3v) is 7.37. The SMILES string of the molecule is Cc1c2c(nn1C)C1CN(CCN1C)c1ncnc3ccc(cc13)-c1c[nH]c3ncc-2cc13. The van der Waals surface area contributed by atoms with Gasteiger partial charge >= 0.3 is 0 Å². The lowest BCUT2D eigenvalue weighted by molar-refractivity contribution is 0.216. The van der Waals surface area contributed by atoms with Crippen molar-refractivity contribution in [1.82, 2.24) is 34.6 Å². The summed E-state index contributed by atoms with van der Waals surface area (Å²) in [6.07, 6.45) is 5.70. The van der Waals surface area contributed by atoms with Gasteiger partial charge in [0.05, 0.1) is 17.3 Å². The van der Waals surface area contributed by atoms with E-state index in [1.807, 2.05) is 17.9 Å². The quantitative estimate of drug-likeness (QED) is 0.399. The zero-order valence-electron chi connectivity index (χ0n) is 18.9. The molecule has 8 nitrogen and oxygen atoms in total. The molecular weight excluding hydrogens is 412 g/mol. The summed E-state index contributed by atoms with van der Waals surface area (Å²) in [6, 6.07) is 8.86. The zero-order chi connectivity index (χ0) is 22.3. The molecule has 7 rings (SSSR count). The highest BCUT2D eigenvalue weighted by Gasteiger charge is 2.33. The molecule has 1 fully saturated rings. The lowest BCUT2D eigenvalue weighted by Gasteiger charge is -2.40. The van der Waals surface area contributed by atoms with Gasteiger partial charge in [0.25, 0.3) is 0 Å². The van der Waals surface area contributed by atoms with Crippen molar-refractivity contribution in [3.63, 3.8) is 0 Å². The molecule has 0 amide bonds. The van der Waals surface area contributed by atoms with Crippen LogP contribution in [0.25, 0.3) is 44.2 Å². The second-order valence-corrected chi connectivity index (χ2v) is 9.16. The molecule has 0 saturated carbocycles. The van der Waals surface area contributed by atoms with Crippen molar-refractivity contribution >= 4 is 27.8 Å². The van der Waals surface area contributed by atoms with Crippen molar-refractivity contribution in [3.05, 3.63) is 54.4 Å². The van der Waals surface area contributed by atoms with Gasteiger partial charge in [-0.2, -0.15) is 5.10 Å². The summed E-state index contributed by atoms with van der Waals surface area (Å²) in [7, 11) is 4.22. The summed E-state index contributed by atoms with van der Waals surface area (Å²) in [5.41, 5.74) is 8.64. The van der Waals surface area contributed by atoms with Gasteiger partial charge in [-0.3, -0.25) is 9.58 Å². The molecule has 1 saturated heterocycles. The molecule has 8 heteroatoms. The Labute approximate surface area is 190 Å². The second kappa shape index (κ2) is 6.62. The normalized spacial score (nSPS) is 17.9. The van der Waals surface area contributed by atoms with Crippen LogP contribution in [0.1, 0.15) is 17.4 Å². The number of piperazine rings is 1. The van der Waals surface area contributed by atoms with Crippen LogP contribution in [0.4, 0.5) is 5.82 Å². The first-order valence-corrected chi connectivity index (χ1v) is 11.3. The fourth-order valence-electron chi connectivity index (χ4n) is 5.43. The molecule has 0 aliphatic carbocycles. The molecule has 6 heterocycles. The Balaban J connectivity index is 1.60. The number of hydrogen-bond acceptors (Lipinski definition) is 6. The molecule has 6 bridgehead atoms. The largest absolute Gasteiger partial charge is 0.353 e. The molecule has 1 aromatic carbocycles. The Hall–Kier alpha value is -3.78. The lowest BCUT2D eigenvalue weighted by atomic mass is 9.97. The first-order valence-electron chi connectivity index (χ1n) is 11.3. The van der Waals surface area contributed by atoms with Crippen molar-refractivity contribution < 1.29 is 0 Å². The zero-order valence-corrected chi connectivity index (χ0v) is 18.9. The summed E-state index contributed by atoms with van der Waals surface area (Å²) in [6.45, 7) is 4.80. The van der Waals surface area contributed by atoms with Crippen molar-refractivity contribution in [2.45, 2.75) is 13.0 Å². The van der Waals surface area contributed by atoms with Crippen molar-refractivity contribution in [3.8, 4) is 22.3 Å². The number of benzene rings is 1. The number of aryl methyl sites for hydroxylation is 1. The van der Waals surface area contributed by atoms with Crippen molar-refractivity contribution in [2.75, 3.05) is 31.6 Å². The average Bonchev–Trinajstić information content (AvgIpc) is 3.38. The van der Waals surface area contributed by atoms with E-state index in [2.05, 4.69) is 64.2 Å². The van der Waals surface area contributed by atoms with Crippen molar-refractivity contribution in [1.29, 1.82) is 0 Å². The number of aromatic amines is 1. The highest BCUT2D eigenvalue weighted by molar-refractivity contribution is 6.00. The monoisotopic (exact) mass is 436 g/mol. The van der Waals surface area contributed by atoms with Gasteiger partial charge in [-0.05, 0) is 37.7 Å². The number of hydrogen-bond donors (Lipinski definition) is 1. The van der Waals surface area contributed by atoms with Crippen LogP contribution in [0.2, 0.25) is 0 Å². The maximum absolute atomic E-state index is 5.02. The maximum Gasteiger partial charge on any atom is 0.140 e. The fourth-order valence-corrected chi connectivity index (χ4v) is 5.43. The van der Waals surface area contributed by atoms with Crippen LogP contribution in [0, 0.1) is 6.92 Å². The third kappa shape index (κ3) is 2.61. The number of fused-ring (bicyclic) bond motifs is 9. The molecule has 164 valence electrons. The van der Waals surface area contributed by atoms with Crippen LogP contribution in [0.15, 0.2) is 43.0 Å². The predicted octanol–water partition coefficient (Wildman–Crippen LogP) is 3.69. The molecule has 1 atom stereocenters. The first kappa shape index (κ1) is 18.8. The maximum atomic E-state index is 5.02. The summed E-state index contributed by atoms with van der Waals surface area (Å²) < 4.78 is 2.00. The minimum Gasteiger partial charge on any atom is -0.353 e. The molecule has 0 spiro atoms. The molecule has 1 unspecified atom stereocenters. The van der Waals surface area contributed by atoms with E-state index in [0.717, 1.165) is 75.5 Å². The van der Waals surface area contributed by atoms with Crippen LogP contribution < -0.4 is 4.90 Å². The van der Waals surface area contributed by atoms with E-state index in [1.54, 1.807) is 6.33 Å².